The maximum atomic E-state index is 10.0. The molecule has 0 spiro atoms. The lowest BCUT2D eigenvalue weighted by Gasteiger charge is -2.12. The summed E-state index contributed by atoms with van der Waals surface area (Å²) in [5.41, 5.74) is 6.12. The van der Waals surface area contributed by atoms with Crippen molar-refractivity contribution in [1.82, 2.24) is 5.43 Å². The Kier molecular flexibility index (Phi) is 3.75. The van der Waals surface area contributed by atoms with E-state index in [4.69, 9.17) is 4.74 Å². The predicted octanol–water partition coefficient (Wildman–Crippen LogP) is 3.41. The molecule has 0 bridgehead atoms. The number of hydrogen-bond acceptors (Lipinski definition) is 5. The molecule has 0 radical (unpaired) electrons. The van der Waals surface area contributed by atoms with Gasteiger partial charge in [0.05, 0.1) is 7.11 Å². The summed E-state index contributed by atoms with van der Waals surface area (Å²) in [7, 11) is 1.61. The van der Waals surface area contributed by atoms with Gasteiger partial charge in [-0.05, 0) is 25.1 Å². The van der Waals surface area contributed by atoms with Crippen molar-refractivity contribution < 1.29 is 9.84 Å². The Bertz CT molecular complexity index is 683. The molecule has 4 nitrogen and oxygen atoms in total. The number of aryl methyl sites for hydroxylation is 1. The number of nitrogens with one attached hydrogen (secondary N) is 1. The third-order valence-electron chi connectivity index (χ3n) is 3.33. The first-order valence-corrected chi connectivity index (χ1v) is 7.49. The molecule has 5 heteroatoms. The summed E-state index contributed by atoms with van der Waals surface area (Å²) in [6.45, 7) is 2.06. The zero-order chi connectivity index (χ0) is 14.8. The van der Waals surface area contributed by atoms with Gasteiger partial charge in [-0.3, -0.25) is 5.43 Å². The van der Waals surface area contributed by atoms with E-state index in [1.807, 2.05) is 6.07 Å². The topological polar surface area (TPSA) is 53.9 Å². The average molecular weight is 300 g/mol. The lowest BCUT2D eigenvalue weighted by molar-refractivity contribution is 0.410. The summed E-state index contributed by atoms with van der Waals surface area (Å²) >= 11 is 1.58. The lowest BCUT2D eigenvalue weighted by Crippen LogP contribution is -2.07. The Morgan fingerprint density at radius 2 is 1.95 bits per heavy atom. The maximum absolute atomic E-state index is 10.0. The van der Waals surface area contributed by atoms with Crippen molar-refractivity contribution in [2.45, 2.75) is 12.3 Å². The van der Waals surface area contributed by atoms with Crippen molar-refractivity contribution in [3.8, 4) is 11.5 Å². The highest BCUT2D eigenvalue weighted by atomic mass is 32.2. The molecule has 1 aliphatic rings. The second-order valence-corrected chi connectivity index (χ2v) is 5.93. The molecule has 1 aliphatic heterocycles. The third kappa shape index (κ3) is 2.83. The molecule has 108 valence electrons. The van der Waals surface area contributed by atoms with Crippen LogP contribution in [0.5, 0.6) is 11.5 Å². The smallest absolute Gasteiger partial charge is 0.126 e. The number of phenols is 1. The summed E-state index contributed by atoms with van der Waals surface area (Å²) < 4.78 is 5.21. The summed E-state index contributed by atoms with van der Waals surface area (Å²) in [5, 5.41) is 15.2. The van der Waals surface area contributed by atoms with Gasteiger partial charge in [0.15, 0.2) is 0 Å². The van der Waals surface area contributed by atoms with Crippen LogP contribution in [0.2, 0.25) is 0 Å². The third-order valence-corrected chi connectivity index (χ3v) is 4.47. The van der Waals surface area contributed by atoms with Gasteiger partial charge in [0.25, 0.3) is 0 Å². The molecule has 2 aromatic carbocycles. The Balaban J connectivity index is 1.81. The second kappa shape index (κ2) is 5.69. The molecule has 0 amide bonds. The van der Waals surface area contributed by atoms with Crippen LogP contribution in [0.1, 0.15) is 22.1 Å². The first kappa shape index (κ1) is 13.8. The van der Waals surface area contributed by atoms with Gasteiger partial charge in [0.2, 0.25) is 0 Å². The maximum Gasteiger partial charge on any atom is 0.126 e. The van der Waals surface area contributed by atoms with Crippen LogP contribution in [-0.4, -0.2) is 17.3 Å². The number of hydrogen-bond donors (Lipinski definition) is 2. The summed E-state index contributed by atoms with van der Waals surface area (Å²) in [6.07, 6.45) is 0. The van der Waals surface area contributed by atoms with Crippen molar-refractivity contribution in [2.24, 2.45) is 5.10 Å². The van der Waals surface area contributed by atoms with Gasteiger partial charge in [-0.25, -0.2) is 0 Å². The SMILES string of the molecule is COc1ccc(O)c(C2NN=C(c3ccc(C)cc3)S2)c1. The molecule has 1 unspecified atom stereocenters. The largest absolute Gasteiger partial charge is 0.508 e. The molecule has 21 heavy (non-hydrogen) atoms. The molecule has 0 aliphatic carbocycles. The van der Waals surface area contributed by atoms with Crippen LogP contribution in [0.25, 0.3) is 0 Å². The minimum absolute atomic E-state index is 0.114. The molecule has 1 heterocycles. The van der Waals surface area contributed by atoms with Crippen molar-refractivity contribution in [1.29, 1.82) is 0 Å². The van der Waals surface area contributed by atoms with E-state index in [1.54, 1.807) is 31.0 Å². The van der Waals surface area contributed by atoms with Crippen molar-refractivity contribution in [2.75, 3.05) is 7.11 Å². The predicted molar refractivity (Wildman–Crippen MR) is 85.8 cm³/mol. The van der Waals surface area contributed by atoms with Crippen molar-refractivity contribution in [3.63, 3.8) is 0 Å². The van der Waals surface area contributed by atoms with Crippen LogP contribution < -0.4 is 10.2 Å². The van der Waals surface area contributed by atoms with E-state index in [0.717, 1.165) is 16.2 Å². The number of benzene rings is 2. The summed E-state index contributed by atoms with van der Waals surface area (Å²) in [6, 6.07) is 13.4. The van der Waals surface area contributed by atoms with E-state index in [1.165, 1.54) is 5.56 Å². The Morgan fingerprint density at radius 3 is 2.67 bits per heavy atom. The zero-order valence-corrected chi connectivity index (χ0v) is 12.6. The van der Waals surface area contributed by atoms with E-state index in [2.05, 4.69) is 41.7 Å². The molecular weight excluding hydrogens is 284 g/mol. The fourth-order valence-corrected chi connectivity index (χ4v) is 3.13. The van der Waals surface area contributed by atoms with Crippen LogP contribution >= 0.6 is 11.8 Å². The quantitative estimate of drug-likeness (QED) is 0.912. The molecule has 2 aromatic rings. The first-order chi connectivity index (χ1) is 10.2. The van der Waals surface area contributed by atoms with Crippen molar-refractivity contribution in [3.05, 3.63) is 59.2 Å². The van der Waals surface area contributed by atoms with Crippen LogP contribution in [0, 0.1) is 6.92 Å². The van der Waals surface area contributed by atoms with E-state index >= 15 is 0 Å². The average Bonchev–Trinajstić information content (AvgIpc) is 2.98. The lowest BCUT2D eigenvalue weighted by atomic mass is 10.2. The van der Waals surface area contributed by atoms with Crippen molar-refractivity contribution >= 4 is 16.8 Å². The molecule has 0 saturated carbocycles. The number of methoxy groups -OCH3 is 1. The summed E-state index contributed by atoms with van der Waals surface area (Å²) in [5.74, 6) is 0.954. The molecule has 0 saturated heterocycles. The van der Waals surface area contributed by atoms with Gasteiger partial charge in [-0.1, -0.05) is 41.6 Å². The number of thioether (sulfide) groups is 1. The van der Waals surface area contributed by atoms with E-state index in [9.17, 15) is 5.11 Å². The molecule has 0 fully saturated rings. The zero-order valence-electron chi connectivity index (χ0n) is 11.8. The van der Waals surface area contributed by atoms with E-state index in [-0.39, 0.29) is 11.1 Å². The van der Waals surface area contributed by atoms with Crippen LogP contribution in [-0.2, 0) is 0 Å². The number of nitrogens with zero attached hydrogens (tertiary/aromatic N) is 1. The van der Waals surface area contributed by atoms with Crippen LogP contribution in [0.15, 0.2) is 47.6 Å². The Morgan fingerprint density at radius 1 is 1.19 bits per heavy atom. The van der Waals surface area contributed by atoms with Gasteiger partial charge in [0.1, 0.15) is 21.9 Å². The van der Waals surface area contributed by atoms with E-state index < -0.39 is 0 Å². The fourth-order valence-electron chi connectivity index (χ4n) is 2.11. The first-order valence-electron chi connectivity index (χ1n) is 6.61. The minimum atomic E-state index is -0.114. The van der Waals surface area contributed by atoms with Gasteiger partial charge >= 0.3 is 0 Å². The van der Waals surface area contributed by atoms with Crippen LogP contribution in [0.4, 0.5) is 0 Å². The second-order valence-electron chi connectivity index (χ2n) is 4.83. The number of hydrazone groups is 1. The fraction of sp³-hybridized carbons (Fsp3) is 0.188. The standard InChI is InChI=1S/C16H16N2O2S/c1-10-3-5-11(6-4-10)15-17-18-16(21-15)13-9-12(20-2)7-8-14(13)19/h3-9,16,18-19H,1-2H3. The monoisotopic (exact) mass is 300 g/mol. The Labute approximate surface area is 127 Å². The van der Waals surface area contributed by atoms with Gasteiger partial charge in [-0.15, -0.1) is 0 Å². The number of rotatable bonds is 3. The van der Waals surface area contributed by atoms with Crippen LogP contribution in [0.3, 0.4) is 0 Å². The molecule has 3 rings (SSSR count). The van der Waals surface area contributed by atoms with Gasteiger partial charge < -0.3 is 9.84 Å². The molecule has 0 aromatic heterocycles. The van der Waals surface area contributed by atoms with Gasteiger partial charge in [0, 0.05) is 11.1 Å². The molecule has 1 atom stereocenters. The van der Waals surface area contributed by atoms with Gasteiger partial charge in [-0.2, -0.15) is 5.10 Å². The molecular formula is C16H16N2O2S. The number of ether oxygens (including phenoxy) is 1. The highest BCUT2D eigenvalue weighted by Gasteiger charge is 2.24. The minimum Gasteiger partial charge on any atom is -0.508 e. The highest BCUT2D eigenvalue weighted by Crippen LogP contribution is 2.39. The Hall–Kier alpha value is -2.14. The van der Waals surface area contributed by atoms with E-state index in [0.29, 0.717) is 5.75 Å². The normalized spacial score (nSPS) is 17.2. The number of phenolic OH excluding ortho intramolecular Hbond substituents is 1. The highest BCUT2D eigenvalue weighted by molar-refractivity contribution is 8.14. The summed E-state index contributed by atoms with van der Waals surface area (Å²) in [4.78, 5) is 0. The number of aromatic hydroxyl groups is 1. The molecule has 2 N–H and O–H groups in total.